The molecule has 0 unspecified atom stereocenters. The van der Waals surface area contributed by atoms with Crippen molar-refractivity contribution in [3.05, 3.63) is 29.8 Å². The molecule has 2 heterocycles. The minimum absolute atomic E-state index is 0.108. The van der Waals surface area contributed by atoms with Crippen LogP contribution in [0, 0.1) is 11.8 Å². The van der Waals surface area contributed by atoms with Gasteiger partial charge in [0.05, 0.1) is 18.9 Å². The zero-order valence-corrected chi connectivity index (χ0v) is 14.5. The van der Waals surface area contributed by atoms with E-state index in [9.17, 15) is 19.5 Å². The Hall–Kier alpha value is -2.41. The second kappa shape index (κ2) is 6.15. The molecule has 4 atom stereocenters. The summed E-state index contributed by atoms with van der Waals surface area (Å²) in [7, 11) is 2.74. The van der Waals surface area contributed by atoms with Crippen molar-refractivity contribution in [1.82, 2.24) is 10.2 Å². The van der Waals surface area contributed by atoms with Gasteiger partial charge in [0.1, 0.15) is 11.3 Å². The van der Waals surface area contributed by atoms with Gasteiger partial charge in [-0.1, -0.05) is 25.5 Å². The van der Waals surface area contributed by atoms with Gasteiger partial charge < -0.3 is 9.84 Å². The molecule has 1 aromatic rings. The number of benzene rings is 1. The number of imide groups is 1. The summed E-state index contributed by atoms with van der Waals surface area (Å²) in [6.45, 7) is 1.92. The molecule has 0 radical (unpaired) electrons. The standard InChI is InChI=1S/C18H22N2O5/c1-4-9-18(17(24)25-3)13-12(15(22)20(2)16(13)23)14(19-18)10-5-7-11(21)8-6-10/h5-8,12-14,19,21H,4,9H2,1-3H3/t12-,13-,14-,18+/m1/s1. The number of likely N-dealkylation sites (tertiary alicyclic amines) is 1. The molecule has 0 aliphatic carbocycles. The molecule has 2 aliphatic rings. The fraction of sp³-hybridized carbons (Fsp3) is 0.500. The molecule has 0 spiro atoms. The number of hydrogen-bond acceptors (Lipinski definition) is 6. The predicted molar refractivity (Wildman–Crippen MR) is 88.4 cm³/mol. The number of aromatic hydroxyl groups is 1. The molecule has 25 heavy (non-hydrogen) atoms. The molecule has 134 valence electrons. The molecular formula is C18H22N2O5. The summed E-state index contributed by atoms with van der Waals surface area (Å²) in [6.07, 6.45) is 1.04. The second-order valence-electron chi connectivity index (χ2n) is 6.67. The van der Waals surface area contributed by atoms with Gasteiger partial charge in [0.25, 0.3) is 0 Å². The van der Waals surface area contributed by atoms with E-state index in [1.807, 2.05) is 6.92 Å². The number of fused-ring (bicyclic) bond motifs is 1. The van der Waals surface area contributed by atoms with Crippen molar-refractivity contribution in [2.45, 2.75) is 31.3 Å². The smallest absolute Gasteiger partial charge is 0.326 e. The van der Waals surface area contributed by atoms with Crippen LogP contribution in [-0.4, -0.2) is 47.5 Å². The summed E-state index contributed by atoms with van der Waals surface area (Å²) in [5, 5.41) is 12.8. The average Bonchev–Trinajstić information content (AvgIpc) is 3.06. The maximum atomic E-state index is 12.8. The molecule has 2 N–H and O–H groups in total. The van der Waals surface area contributed by atoms with E-state index >= 15 is 0 Å². The van der Waals surface area contributed by atoms with Crippen LogP contribution in [0.4, 0.5) is 0 Å². The van der Waals surface area contributed by atoms with Crippen molar-refractivity contribution in [2.24, 2.45) is 11.8 Å². The molecular weight excluding hydrogens is 324 g/mol. The van der Waals surface area contributed by atoms with Crippen LogP contribution in [0.2, 0.25) is 0 Å². The van der Waals surface area contributed by atoms with Crippen LogP contribution in [0.25, 0.3) is 0 Å². The van der Waals surface area contributed by atoms with Gasteiger partial charge in [-0.05, 0) is 24.1 Å². The Morgan fingerprint density at radius 1 is 1.28 bits per heavy atom. The first-order valence-corrected chi connectivity index (χ1v) is 8.33. The molecule has 7 heteroatoms. The van der Waals surface area contributed by atoms with E-state index in [0.29, 0.717) is 12.8 Å². The molecule has 0 aromatic heterocycles. The van der Waals surface area contributed by atoms with Gasteiger partial charge in [0.15, 0.2) is 0 Å². The SMILES string of the molecule is CCC[C@]1(C(=O)OC)N[C@H](c2ccc(O)cc2)[C@@H]2C(=O)N(C)C(=O)[C@@H]21. The summed E-state index contributed by atoms with van der Waals surface area (Å²) in [5.74, 6) is -2.55. The summed E-state index contributed by atoms with van der Waals surface area (Å²) >= 11 is 0. The van der Waals surface area contributed by atoms with Gasteiger partial charge in [-0.3, -0.25) is 24.6 Å². The third kappa shape index (κ3) is 2.41. The molecule has 0 bridgehead atoms. The van der Waals surface area contributed by atoms with Crippen molar-refractivity contribution in [2.75, 3.05) is 14.2 Å². The minimum atomic E-state index is -1.23. The van der Waals surface area contributed by atoms with Gasteiger partial charge in [0, 0.05) is 13.1 Å². The number of methoxy groups -OCH3 is 1. The highest BCUT2D eigenvalue weighted by Crippen LogP contribution is 2.50. The van der Waals surface area contributed by atoms with E-state index in [1.165, 1.54) is 26.3 Å². The number of rotatable bonds is 4. The van der Waals surface area contributed by atoms with Crippen molar-refractivity contribution in [1.29, 1.82) is 0 Å². The van der Waals surface area contributed by atoms with Crippen LogP contribution in [0.5, 0.6) is 5.75 Å². The summed E-state index contributed by atoms with van der Waals surface area (Å²) in [5.41, 5.74) is -0.486. The molecule has 2 saturated heterocycles. The molecule has 2 aliphatic heterocycles. The minimum Gasteiger partial charge on any atom is -0.508 e. The topological polar surface area (TPSA) is 95.9 Å². The number of amides is 2. The average molecular weight is 346 g/mol. The summed E-state index contributed by atoms with van der Waals surface area (Å²) < 4.78 is 5.00. The van der Waals surface area contributed by atoms with Gasteiger partial charge in [-0.2, -0.15) is 0 Å². The monoisotopic (exact) mass is 346 g/mol. The van der Waals surface area contributed by atoms with Crippen molar-refractivity contribution >= 4 is 17.8 Å². The molecule has 2 fully saturated rings. The quantitative estimate of drug-likeness (QED) is 0.623. The largest absolute Gasteiger partial charge is 0.508 e. The van der Waals surface area contributed by atoms with Crippen LogP contribution in [0.15, 0.2) is 24.3 Å². The van der Waals surface area contributed by atoms with E-state index in [1.54, 1.807) is 12.1 Å². The number of ether oxygens (including phenoxy) is 1. The maximum Gasteiger partial charge on any atom is 0.326 e. The van der Waals surface area contributed by atoms with E-state index in [2.05, 4.69) is 5.32 Å². The summed E-state index contributed by atoms with van der Waals surface area (Å²) in [6, 6.07) is 5.93. The van der Waals surface area contributed by atoms with Crippen LogP contribution in [0.3, 0.4) is 0 Å². The van der Waals surface area contributed by atoms with Crippen LogP contribution < -0.4 is 5.32 Å². The number of hydrogen-bond donors (Lipinski definition) is 2. The van der Waals surface area contributed by atoms with E-state index < -0.39 is 29.4 Å². The van der Waals surface area contributed by atoms with Gasteiger partial charge in [0.2, 0.25) is 11.8 Å². The number of nitrogens with zero attached hydrogens (tertiary/aromatic N) is 1. The number of esters is 1. The zero-order valence-electron chi connectivity index (χ0n) is 14.5. The maximum absolute atomic E-state index is 12.8. The molecule has 0 saturated carbocycles. The highest BCUT2D eigenvalue weighted by Gasteiger charge is 2.67. The number of phenols is 1. The lowest BCUT2D eigenvalue weighted by Crippen LogP contribution is -2.56. The summed E-state index contributed by atoms with van der Waals surface area (Å²) in [4.78, 5) is 39.2. The highest BCUT2D eigenvalue weighted by molar-refractivity contribution is 6.09. The molecule has 7 nitrogen and oxygen atoms in total. The second-order valence-corrected chi connectivity index (χ2v) is 6.67. The molecule has 3 rings (SSSR count). The number of carbonyl (C=O) groups excluding carboxylic acids is 3. The Kier molecular flexibility index (Phi) is 4.28. The fourth-order valence-electron chi connectivity index (χ4n) is 4.21. The van der Waals surface area contributed by atoms with Crippen molar-refractivity contribution in [3.8, 4) is 5.75 Å². The lowest BCUT2D eigenvalue weighted by molar-refractivity contribution is -0.154. The zero-order chi connectivity index (χ0) is 18.4. The molecule has 1 aromatic carbocycles. The third-order valence-electron chi connectivity index (χ3n) is 5.32. The number of carbonyl (C=O) groups is 3. The number of phenolic OH excluding ortho intramolecular Hbond substituents is 1. The number of nitrogens with one attached hydrogen (secondary N) is 1. The lowest BCUT2D eigenvalue weighted by Gasteiger charge is -2.31. The van der Waals surface area contributed by atoms with Crippen LogP contribution in [-0.2, 0) is 19.1 Å². The normalized spacial score (nSPS) is 31.3. The predicted octanol–water partition coefficient (Wildman–Crippen LogP) is 0.979. The van der Waals surface area contributed by atoms with Gasteiger partial charge in [-0.15, -0.1) is 0 Å². The fourth-order valence-corrected chi connectivity index (χ4v) is 4.21. The Bertz CT molecular complexity index is 717. The van der Waals surface area contributed by atoms with Crippen molar-refractivity contribution < 1.29 is 24.2 Å². The first-order chi connectivity index (χ1) is 11.9. The Labute approximate surface area is 146 Å². The van der Waals surface area contributed by atoms with Gasteiger partial charge >= 0.3 is 5.97 Å². The van der Waals surface area contributed by atoms with E-state index in [-0.39, 0.29) is 17.6 Å². The van der Waals surface area contributed by atoms with Gasteiger partial charge in [-0.25, -0.2) is 0 Å². The van der Waals surface area contributed by atoms with Crippen molar-refractivity contribution in [3.63, 3.8) is 0 Å². The lowest BCUT2D eigenvalue weighted by atomic mass is 9.77. The first-order valence-electron chi connectivity index (χ1n) is 8.33. The van der Waals surface area contributed by atoms with Crippen LogP contribution >= 0.6 is 0 Å². The molecule has 2 amide bonds. The highest BCUT2D eigenvalue weighted by atomic mass is 16.5. The Morgan fingerprint density at radius 2 is 1.92 bits per heavy atom. The van der Waals surface area contributed by atoms with E-state index in [0.717, 1.165) is 10.5 Å². The first kappa shape index (κ1) is 17.4. The third-order valence-corrected chi connectivity index (χ3v) is 5.32. The Balaban J connectivity index is 2.13. The van der Waals surface area contributed by atoms with E-state index in [4.69, 9.17) is 4.74 Å². The van der Waals surface area contributed by atoms with Crippen LogP contribution in [0.1, 0.15) is 31.4 Å². The Morgan fingerprint density at radius 3 is 2.48 bits per heavy atom.